The second kappa shape index (κ2) is 5.07. The average Bonchev–Trinajstić information content (AvgIpc) is 2.34. The van der Waals surface area contributed by atoms with Gasteiger partial charge in [-0.25, -0.2) is 13.2 Å². The maximum absolute atomic E-state index is 13.5. The van der Waals surface area contributed by atoms with E-state index in [1.807, 2.05) is 0 Å². The molecule has 0 saturated carbocycles. The quantitative estimate of drug-likeness (QED) is 0.714. The lowest BCUT2D eigenvalue weighted by Crippen LogP contribution is -2.07. The molecule has 0 fully saturated rings. The minimum atomic E-state index is -4.86. The van der Waals surface area contributed by atoms with Crippen LogP contribution in [0.15, 0.2) is 36.4 Å². The molecule has 0 N–H and O–H groups in total. The van der Waals surface area contributed by atoms with Crippen molar-refractivity contribution in [3.05, 3.63) is 59.4 Å². The smallest absolute Gasteiger partial charge is 0.416 e. The predicted octanol–water partition coefficient (Wildman–Crippen LogP) is 4.92. The summed E-state index contributed by atoms with van der Waals surface area (Å²) in [5.74, 6) is -4.68. The Hall–Kier alpha value is -2.18. The van der Waals surface area contributed by atoms with Gasteiger partial charge in [-0.15, -0.1) is 0 Å². The van der Waals surface area contributed by atoms with Gasteiger partial charge in [0.25, 0.3) is 0 Å². The summed E-state index contributed by atoms with van der Waals surface area (Å²) >= 11 is 0. The molecule has 0 bridgehead atoms. The lowest BCUT2D eigenvalue weighted by molar-refractivity contribution is -0.138. The van der Waals surface area contributed by atoms with Crippen LogP contribution in [-0.4, -0.2) is 0 Å². The molecule has 0 aliphatic carbocycles. The first kappa shape index (κ1) is 14.2. The lowest BCUT2D eigenvalue weighted by atomic mass is 10.2. The average molecular weight is 292 g/mol. The number of hydrogen-bond acceptors (Lipinski definition) is 1. The van der Waals surface area contributed by atoms with Crippen molar-refractivity contribution in [3.63, 3.8) is 0 Å². The van der Waals surface area contributed by atoms with Crippen LogP contribution in [0.5, 0.6) is 11.5 Å². The third-order valence-electron chi connectivity index (χ3n) is 2.36. The van der Waals surface area contributed by atoms with E-state index in [1.165, 1.54) is 0 Å². The summed E-state index contributed by atoms with van der Waals surface area (Å²) in [7, 11) is 0. The van der Waals surface area contributed by atoms with Gasteiger partial charge in [-0.3, -0.25) is 0 Å². The summed E-state index contributed by atoms with van der Waals surface area (Å²) in [5.41, 5.74) is -1.46. The molecule has 0 radical (unpaired) electrons. The number of rotatable bonds is 2. The van der Waals surface area contributed by atoms with Crippen LogP contribution in [-0.2, 0) is 6.18 Å². The van der Waals surface area contributed by atoms with Crippen molar-refractivity contribution < 1.29 is 31.1 Å². The highest BCUT2D eigenvalue weighted by molar-refractivity contribution is 5.36. The van der Waals surface area contributed by atoms with Crippen LogP contribution in [0, 0.1) is 17.5 Å². The predicted molar refractivity (Wildman–Crippen MR) is 57.8 cm³/mol. The highest BCUT2D eigenvalue weighted by atomic mass is 19.4. The summed E-state index contributed by atoms with van der Waals surface area (Å²) in [6.07, 6.45) is -4.86. The van der Waals surface area contributed by atoms with Gasteiger partial charge < -0.3 is 4.74 Å². The second-order valence-electron chi connectivity index (χ2n) is 3.82. The molecule has 0 aliphatic rings. The summed E-state index contributed by atoms with van der Waals surface area (Å²) in [4.78, 5) is 0. The molecule has 2 aromatic rings. The van der Waals surface area contributed by atoms with Crippen LogP contribution < -0.4 is 4.74 Å². The largest absolute Gasteiger partial charge is 0.451 e. The fourth-order valence-corrected chi connectivity index (χ4v) is 1.44. The molecule has 0 unspecified atom stereocenters. The topological polar surface area (TPSA) is 9.23 Å². The van der Waals surface area contributed by atoms with E-state index in [4.69, 9.17) is 4.74 Å². The van der Waals surface area contributed by atoms with Crippen molar-refractivity contribution in [3.8, 4) is 11.5 Å². The monoisotopic (exact) mass is 292 g/mol. The minimum absolute atomic E-state index is 0.107. The zero-order chi connectivity index (χ0) is 14.9. The van der Waals surface area contributed by atoms with E-state index in [1.54, 1.807) is 0 Å². The summed E-state index contributed by atoms with van der Waals surface area (Å²) in [6, 6.07) is 4.39. The molecule has 20 heavy (non-hydrogen) atoms. The Morgan fingerprint density at radius 1 is 0.800 bits per heavy atom. The number of halogens is 6. The molecule has 0 amide bonds. The Morgan fingerprint density at radius 2 is 1.30 bits per heavy atom. The number of benzene rings is 2. The summed E-state index contributed by atoms with van der Waals surface area (Å²) in [5, 5.41) is 0. The number of ether oxygens (including phenoxy) is 1. The number of alkyl halides is 3. The van der Waals surface area contributed by atoms with Crippen molar-refractivity contribution >= 4 is 0 Å². The molecule has 7 heteroatoms. The fraction of sp³-hybridized carbons (Fsp3) is 0.0769. The summed E-state index contributed by atoms with van der Waals surface area (Å²) < 4.78 is 81.4. The normalized spacial score (nSPS) is 11.5. The lowest BCUT2D eigenvalue weighted by Gasteiger charge is -2.11. The van der Waals surface area contributed by atoms with Gasteiger partial charge in [0, 0.05) is 0 Å². The van der Waals surface area contributed by atoms with Gasteiger partial charge in [0.15, 0.2) is 17.4 Å². The van der Waals surface area contributed by atoms with Gasteiger partial charge in [0.2, 0.25) is 0 Å². The molecule has 106 valence electrons. The van der Waals surface area contributed by atoms with Crippen molar-refractivity contribution in [2.24, 2.45) is 0 Å². The van der Waals surface area contributed by atoms with Crippen molar-refractivity contribution in [1.29, 1.82) is 0 Å². The van der Waals surface area contributed by atoms with Crippen LogP contribution in [0.3, 0.4) is 0 Å². The molecular weight excluding hydrogens is 286 g/mol. The first-order valence-electron chi connectivity index (χ1n) is 5.27. The van der Waals surface area contributed by atoms with Gasteiger partial charge in [-0.05, 0) is 36.4 Å². The van der Waals surface area contributed by atoms with Crippen LogP contribution in [0.25, 0.3) is 0 Å². The summed E-state index contributed by atoms with van der Waals surface area (Å²) in [6.45, 7) is 0. The molecule has 0 atom stereocenters. The molecule has 0 aliphatic heterocycles. The van der Waals surface area contributed by atoms with Gasteiger partial charge in [-0.2, -0.15) is 13.2 Å². The van der Waals surface area contributed by atoms with Crippen molar-refractivity contribution in [1.82, 2.24) is 0 Å². The van der Waals surface area contributed by atoms with E-state index < -0.39 is 34.9 Å². The van der Waals surface area contributed by atoms with Crippen LogP contribution >= 0.6 is 0 Å². The highest BCUT2D eigenvalue weighted by Crippen LogP contribution is 2.35. The Morgan fingerprint density at radius 3 is 1.75 bits per heavy atom. The highest BCUT2D eigenvalue weighted by Gasteiger charge is 2.33. The van der Waals surface area contributed by atoms with Crippen molar-refractivity contribution in [2.75, 3.05) is 0 Å². The standard InChI is InChI=1S/C13H6F6O/c14-8-1-3-9(4-2-8)20-12-10(15)5-7(6-11(12)16)13(17,18)19/h1-6H. The first-order valence-corrected chi connectivity index (χ1v) is 5.27. The van der Waals surface area contributed by atoms with Crippen LogP contribution in [0.4, 0.5) is 26.3 Å². The Kier molecular flexibility index (Phi) is 3.61. The van der Waals surface area contributed by atoms with E-state index in [9.17, 15) is 26.3 Å². The fourth-order valence-electron chi connectivity index (χ4n) is 1.44. The Labute approximate surface area is 109 Å². The van der Waals surface area contributed by atoms with Gasteiger partial charge >= 0.3 is 6.18 Å². The molecule has 2 rings (SSSR count). The molecule has 0 heterocycles. The maximum atomic E-state index is 13.5. The van der Waals surface area contributed by atoms with E-state index in [2.05, 4.69) is 0 Å². The number of hydrogen-bond donors (Lipinski definition) is 0. The third kappa shape index (κ3) is 3.04. The molecule has 2 aromatic carbocycles. The third-order valence-corrected chi connectivity index (χ3v) is 2.36. The van der Waals surface area contributed by atoms with Gasteiger partial charge in [-0.1, -0.05) is 0 Å². The Balaban J connectivity index is 2.36. The second-order valence-corrected chi connectivity index (χ2v) is 3.82. The van der Waals surface area contributed by atoms with E-state index in [0.717, 1.165) is 24.3 Å². The molecule has 0 aromatic heterocycles. The van der Waals surface area contributed by atoms with Gasteiger partial charge in [0.05, 0.1) is 5.56 Å². The van der Waals surface area contributed by atoms with E-state index in [0.29, 0.717) is 0 Å². The Bertz CT molecular complexity index is 595. The van der Waals surface area contributed by atoms with Crippen LogP contribution in [0.2, 0.25) is 0 Å². The zero-order valence-electron chi connectivity index (χ0n) is 9.64. The SMILES string of the molecule is Fc1ccc(Oc2c(F)cc(C(F)(F)F)cc2F)cc1. The van der Waals surface area contributed by atoms with Crippen LogP contribution in [0.1, 0.15) is 5.56 Å². The molecule has 1 nitrogen and oxygen atoms in total. The van der Waals surface area contributed by atoms with Crippen molar-refractivity contribution in [2.45, 2.75) is 6.18 Å². The molecule has 0 spiro atoms. The molecule has 0 saturated heterocycles. The molecular formula is C13H6F6O. The van der Waals surface area contributed by atoms with E-state index in [-0.39, 0.29) is 17.9 Å². The first-order chi connectivity index (χ1) is 9.27. The zero-order valence-corrected chi connectivity index (χ0v) is 9.64. The van der Waals surface area contributed by atoms with E-state index >= 15 is 0 Å². The van der Waals surface area contributed by atoms with Gasteiger partial charge in [0.1, 0.15) is 11.6 Å². The minimum Gasteiger partial charge on any atom is -0.451 e. The maximum Gasteiger partial charge on any atom is 0.416 e.